The maximum absolute atomic E-state index is 14.4. The van der Waals surface area contributed by atoms with E-state index in [2.05, 4.69) is 0 Å². The topological polar surface area (TPSA) is 9.23 Å². The first kappa shape index (κ1) is 18.7. The lowest BCUT2D eigenvalue weighted by Crippen LogP contribution is -2.02. The fraction of sp³-hybridized carbons (Fsp3) is 0.368. The smallest absolute Gasteiger partial charge is 0.201 e. The molecule has 0 unspecified atom stereocenters. The number of hydrogen-bond acceptors (Lipinski definition) is 1. The van der Waals surface area contributed by atoms with Crippen LogP contribution in [-0.4, -0.2) is 6.61 Å². The van der Waals surface area contributed by atoms with Gasteiger partial charge >= 0.3 is 0 Å². The molecule has 0 radical (unpaired) electrons. The molecule has 0 bridgehead atoms. The van der Waals surface area contributed by atoms with Crippen LogP contribution in [-0.2, 0) is 6.42 Å². The van der Waals surface area contributed by atoms with Crippen LogP contribution >= 0.6 is 11.6 Å². The molecule has 0 aliphatic rings. The van der Waals surface area contributed by atoms with Gasteiger partial charge in [-0.2, -0.15) is 4.39 Å². The van der Waals surface area contributed by atoms with Gasteiger partial charge in [0.2, 0.25) is 5.82 Å². The maximum Gasteiger partial charge on any atom is 0.201 e. The zero-order valence-corrected chi connectivity index (χ0v) is 14.5. The Morgan fingerprint density at radius 1 is 0.875 bits per heavy atom. The van der Waals surface area contributed by atoms with Gasteiger partial charge in [-0.15, -0.1) is 0 Å². The highest BCUT2D eigenvalue weighted by molar-refractivity contribution is 6.33. The summed E-state index contributed by atoms with van der Waals surface area (Å²) in [6, 6.07) is 5.74. The summed E-state index contributed by atoms with van der Waals surface area (Å²) in [4.78, 5) is 0. The Labute approximate surface area is 145 Å². The van der Waals surface area contributed by atoms with Crippen molar-refractivity contribution < 1.29 is 17.9 Å². The molecule has 5 heteroatoms. The van der Waals surface area contributed by atoms with E-state index < -0.39 is 17.5 Å². The van der Waals surface area contributed by atoms with Crippen molar-refractivity contribution in [2.75, 3.05) is 6.61 Å². The predicted octanol–water partition coefficient (Wildman–Crippen LogP) is 6.56. The Kier molecular flexibility index (Phi) is 6.55. The molecule has 0 aromatic heterocycles. The number of ether oxygens (including phenoxy) is 1. The van der Waals surface area contributed by atoms with E-state index in [4.69, 9.17) is 16.3 Å². The molecular weight excluding hydrogens is 337 g/mol. The number of halogens is 4. The summed E-state index contributed by atoms with van der Waals surface area (Å²) >= 11 is 6.00. The van der Waals surface area contributed by atoms with E-state index in [1.54, 1.807) is 6.92 Å². The van der Waals surface area contributed by atoms with E-state index in [1.807, 2.05) is 6.92 Å². The van der Waals surface area contributed by atoms with Crippen molar-refractivity contribution in [2.24, 2.45) is 0 Å². The van der Waals surface area contributed by atoms with Crippen molar-refractivity contribution in [3.63, 3.8) is 0 Å². The molecule has 0 fully saturated rings. The number of benzene rings is 2. The third-order valence-electron chi connectivity index (χ3n) is 3.89. The molecule has 130 valence electrons. The summed E-state index contributed by atoms with van der Waals surface area (Å²) in [7, 11) is 0. The zero-order valence-electron chi connectivity index (χ0n) is 13.8. The molecule has 2 aromatic rings. The van der Waals surface area contributed by atoms with Gasteiger partial charge in [0.25, 0.3) is 0 Å². The van der Waals surface area contributed by atoms with E-state index in [0.29, 0.717) is 18.6 Å². The van der Waals surface area contributed by atoms with Crippen LogP contribution in [0.5, 0.6) is 5.75 Å². The van der Waals surface area contributed by atoms with Crippen LogP contribution < -0.4 is 4.74 Å². The predicted molar refractivity (Wildman–Crippen MR) is 91.2 cm³/mol. The van der Waals surface area contributed by atoms with Gasteiger partial charge in [-0.1, -0.05) is 50.4 Å². The lowest BCUT2D eigenvalue weighted by atomic mass is 10.0. The van der Waals surface area contributed by atoms with Crippen LogP contribution in [0.4, 0.5) is 13.2 Å². The standard InChI is InChI=1S/C19H20ClF3O/c1-3-5-6-11-24-15-10-9-14(18(22)19(15)23)13-8-7-12(4-2)17(21)16(13)20/h7-10H,3-6,11H2,1-2H3. The van der Waals surface area contributed by atoms with Crippen molar-refractivity contribution in [2.45, 2.75) is 39.5 Å². The van der Waals surface area contributed by atoms with E-state index in [9.17, 15) is 13.2 Å². The third-order valence-corrected chi connectivity index (χ3v) is 4.26. The summed E-state index contributed by atoms with van der Waals surface area (Å²) in [5, 5.41) is -0.204. The van der Waals surface area contributed by atoms with Crippen molar-refractivity contribution in [3.8, 4) is 16.9 Å². The monoisotopic (exact) mass is 356 g/mol. The van der Waals surface area contributed by atoms with Crippen LogP contribution in [0.25, 0.3) is 11.1 Å². The van der Waals surface area contributed by atoms with Crippen molar-refractivity contribution in [1.82, 2.24) is 0 Å². The maximum atomic E-state index is 14.4. The molecule has 2 rings (SSSR count). The average molecular weight is 357 g/mol. The molecule has 0 spiro atoms. The largest absolute Gasteiger partial charge is 0.490 e. The van der Waals surface area contributed by atoms with E-state index >= 15 is 0 Å². The molecule has 1 nitrogen and oxygen atoms in total. The van der Waals surface area contributed by atoms with Crippen molar-refractivity contribution in [1.29, 1.82) is 0 Å². The summed E-state index contributed by atoms with van der Waals surface area (Å²) in [5.74, 6) is -2.92. The minimum absolute atomic E-state index is 0.0834. The van der Waals surface area contributed by atoms with Crippen LogP contribution in [0.3, 0.4) is 0 Å². The van der Waals surface area contributed by atoms with Crippen LogP contribution in [0, 0.1) is 17.5 Å². The van der Waals surface area contributed by atoms with Gasteiger partial charge in [0.1, 0.15) is 5.82 Å². The zero-order chi connectivity index (χ0) is 17.7. The summed E-state index contributed by atoms with van der Waals surface area (Å²) < 4.78 is 48.0. The summed E-state index contributed by atoms with van der Waals surface area (Å²) in [6.45, 7) is 4.16. The van der Waals surface area contributed by atoms with Crippen molar-refractivity contribution in [3.05, 3.63) is 52.3 Å². The van der Waals surface area contributed by atoms with Crippen molar-refractivity contribution >= 4 is 11.6 Å². The van der Waals surface area contributed by atoms with Gasteiger partial charge in [-0.3, -0.25) is 0 Å². The van der Waals surface area contributed by atoms with Gasteiger partial charge in [-0.05, 0) is 30.5 Å². The van der Waals surface area contributed by atoms with Crippen LogP contribution in [0.1, 0.15) is 38.7 Å². The average Bonchev–Trinajstić information content (AvgIpc) is 2.58. The highest BCUT2D eigenvalue weighted by atomic mass is 35.5. The minimum Gasteiger partial charge on any atom is -0.490 e. The summed E-state index contributed by atoms with van der Waals surface area (Å²) in [6.07, 6.45) is 3.21. The van der Waals surface area contributed by atoms with Crippen LogP contribution in [0.2, 0.25) is 5.02 Å². The third kappa shape index (κ3) is 3.86. The molecule has 2 aromatic carbocycles. The SMILES string of the molecule is CCCCCOc1ccc(-c2ccc(CC)c(F)c2Cl)c(F)c1F. The lowest BCUT2D eigenvalue weighted by molar-refractivity contribution is 0.286. The Hall–Kier alpha value is -1.68. The first-order valence-electron chi connectivity index (χ1n) is 8.09. The highest BCUT2D eigenvalue weighted by Gasteiger charge is 2.20. The van der Waals surface area contributed by atoms with Gasteiger partial charge in [-0.25, -0.2) is 8.78 Å². The highest BCUT2D eigenvalue weighted by Crippen LogP contribution is 2.36. The number of unbranched alkanes of at least 4 members (excludes halogenated alkanes) is 2. The van der Waals surface area contributed by atoms with Gasteiger partial charge in [0.05, 0.1) is 11.6 Å². The van der Waals surface area contributed by atoms with E-state index in [1.165, 1.54) is 24.3 Å². The minimum atomic E-state index is -1.09. The number of rotatable bonds is 7. The fourth-order valence-corrected chi connectivity index (χ4v) is 2.74. The Morgan fingerprint density at radius 2 is 1.58 bits per heavy atom. The van der Waals surface area contributed by atoms with Gasteiger partial charge in [0.15, 0.2) is 11.6 Å². The molecule has 0 saturated heterocycles. The molecule has 0 heterocycles. The Morgan fingerprint density at radius 3 is 2.25 bits per heavy atom. The Balaban J connectivity index is 2.33. The molecule has 24 heavy (non-hydrogen) atoms. The van der Waals surface area contributed by atoms with E-state index in [-0.39, 0.29) is 21.9 Å². The van der Waals surface area contributed by atoms with E-state index in [0.717, 1.165) is 19.3 Å². The number of aryl methyl sites for hydroxylation is 1. The fourth-order valence-electron chi connectivity index (χ4n) is 2.46. The molecule has 0 atom stereocenters. The lowest BCUT2D eigenvalue weighted by Gasteiger charge is -2.12. The number of hydrogen-bond donors (Lipinski definition) is 0. The van der Waals surface area contributed by atoms with Gasteiger partial charge in [0, 0.05) is 11.1 Å². The molecule has 0 aliphatic heterocycles. The van der Waals surface area contributed by atoms with Crippen LogP contribution in [0.15, 0.2) is 24.3 Å². The second-order valence-corrected chi connectivity index (χ2v) is 5.93. The molecule has 0 aliphatic carbocycles. The second kappa shape index (κ2) is 8.43. The first-order valence-corrected chi connectivity index (χ1v) is 8.47. The van der Waals surface area contributed by atoms with Gasteiger partial charge < -0.3 is 4.74 Å². The molecule has 0 N–H and O–H groups in total. The molecule has 0 amide bonds. The Bertz CT molecular complexity index is 716. The molecular formula is C19H20ClF3O. The molecule has 0 saturated carbocycles. The second-order valence-electron chi connectivity index (χ2n) is 5.55. The first-order chi connectivity index (χ1) is 11.5. The quantitative estimate of drug-likeness (QED) is 0.511. The normalized spacial score (nSPS) is 10.9. The summed E-state index contributed by atoms with van der Waals surface area (Å²) in [5.41, 5.74) is 0.473.